The lowest BCUT2D eigenvalue weighted by atomic mass is 9.93. The first-order valence-electron chi connectivity index (χ1n) is 10.3. The van der Waals surface area contributed by atoms with Gasteiger partial charge in [-0.05, 0) is 55.5 Å². The quantitative estimate of drug-likeness (QED) is 0.425. The van der Waals surface area contributed by atoms with Gasteiger partial charge in [0.2, 0.25) is 5.82 Å². The normalized spacial score (nSPS) is 19.0. The summed E-state index contributed by atoms with van der Waals surface area (Å²) in [5.74, 6) is 4.34. The van der Waals surface area contributed by atoms with Gasteiger partial charge in [-0.2, -0.15) is 4.39 Å². The minimum atomic E-state index is -0.980. The number of halogens is 2. The third-order valence-corrected chi connectivity index (χ3v) is 9.31. The number of hydrogen-bond acceptors (Lipinski definition) is 1. The lowest BCUT2D eigenvalue weighted by molar-refractivity contribution is 0.314. The van der Waals surface area contributed by atoms with Crippen LogP contribution in [-0.2, 0) is 0 Å². The number of benzene rings is 2. The number of ether oxygens (including phenoxy) is 1. The summed E-state index contributed by atoms with van der Waals surface area (Å²) in [6.45, 7) is 4.32. The first-order valence-corrected chi connectivity index (χ1v) is 12.8. The highest BCUT2D eigenvalue weighted by molar-refractivity contribution is 6.59. The maximum absolute atomic E-state index is 14.1. The summed E-state index contributed by atoms with van der Waals surface area (Å²) >= 11 is 0. The molecule has 0 aromatic heterocycles. The lowest BCUT2D eigenvalue weighted by Gasteiger charge is -2.27. The van der Waals surface area contributed by atoms with Gasteiger partial charge in [0.15, 0.2) is 11.6 Å². The van der Waals surface area contributed by atoms with Crippen molar-refractivity contribution in [3.8, 4) is 17.6 Å². The van der Waals surface area contributed by atoms with E-state index < -0.39 is 20.4 Å². The van der Waals surface area contributed by atoms with Crippen molar-refractivity contribution in [2.24, 2.45) is 0 Å². The van der Waals surface area contributed by atoms with Crippen LogP contribution in [-0.4, -0.2) is 15.4 Å². The molecule has 1 saturated heterocycles. The molecule has 2 aromatic carbocycles. The molecule has 1 aliphatic heterocycles. The van der Waals surface area contributed by atoms with Crippen LogP contribution in [0, 0.1) is 23.5 Å². The predicted molar refractivity (Wildman–Crippen MR) is 114 cm³/mol. The molecule has 0 spiro atoms. The van der Waals surface area contributed by atoms with E-state index in [4.69, 9.17) is 4.74 Å². The SMILES string of the molecule is CCC[SiH]1CCC(c2ccc(C#Cc3ccc(OCC)c(F)c3F)cc2)CC1. The second-order valence-corrected chi connectivity index (χ2v) is 11.0. The zero-order chi connectivity index (χ0) is 19.9. The van der Waals surface area contributed by atoms with Gasteiger partial charge in [0.1, 0.15) is 0 Å². The van der Waals surface area contributed by atoms with Crippen molar-refractivity contribution >= 4 is 8.80 Å². The first-order chi connectivity index (χ1) is 13.6. The van der Waals surface area contributed by atoms with Crippen LogP contribution in [0.1, 0.15) is 55.7 Å². The molecule has 4 heteroatoms. The van der Waals surface area contributed by atoms with Crippen LogP contribution in [0.5, 0.6) is 5.75 Å². The van der Waals surface area contributed by atoms with E-state index in [1.165, 1.54) is 55.1 Å². The van der Waals surface area contributed by atoms with Gasteiger partial charge in [-0.15, -0.1) is 0 Å². The fourth-order valence-corrected chi connectivity index (χ4v) is 7.50. The van der Waals surface area contributed by atoms with Crippen LogP contribution < -0.4 is 4.74 Å². The third kappa shape index (κ3) is 5.02. The molecule has 0 unspecified atom stereocenters. The largest absolute Gasteiger partial charge is 0.491 e. The molecule has 0 atom stereocenters. The van der Waals surface area contributed by atoms with Gasteiger partial charge in [0.05, 0.1) is 12.2 Å². The Morgan fingerprint density at radius 3 is 2.32 bits per heavy atom. The van der Waals surface area contributed by atoms with Gasteiger partial charge < -0.3 is 4.74 Å². The van der Waals surface area contributed by atoms with Crippen LogP contribution in [0.15, 0.2) is 36.4 Å². The predicted octanol–water partition coefficient (Wildman–Crippen LogP) is 6.28. The fraction of sp³-hybridized carbons (Fsp3) is 0.417. The molecule has 28 heavy (non-hydrogen) atoms. The van der Waals surface area contributed by atoms with Gasteiger partial charge in [-0.1, -0.05) is 55.5 Å². The summed E-state index contributed by atoms with van der Waals surface area (Å²) in [6.07, 6.45) is 3.98. The molecule has 148 valence electrons. The Balaban J connectivity index is 1.67. The molecule has 0 saturated carbocycles. The summed E-state index contributed by atoms with van der Waals surface area (Å²) < 4.78 is 33.1. The number of hydrogen-bond donors (Lipinski definition) is 0. The van der Waals surface area contributed by atoms with Crippen molar-refractivity contribution in [3.05, 3.63) is 64.7 Å². The van der Waals surface area contributed by atoms with Gasteiger partial charge in [0.25, 0.3) is 0 Å². The highest BCUT2D eigenvalue weighted by Crippen LogP contribution is 2.35. The Morgan fingerprint density at radius 1 is 0.964 bits per heavy atom. The van der Waals surface area contributed by atoms with Crippen LogP contribution in [0.4, 0.5) is 8.78 Å². The van der Waals surface area contributed by atoms with Crippen molar-refractivity contribution in [1.29, 1.82) is 0 Å². The molecule has 1 fully saturated rings. The highest BCUT2D eigenvalue weighted by Gasteiger charge is 2.22. The molecule has 1 heterocycles. The van der Waals surface area contributed by atoms with Crippen molar-refractivity contribution in [1.82, 2.24) is 0 Å². The van der Waals surface area contributed by atoms with E-state index in [0.717, 1.165) is 5.56 Å². The van der Waals surface area contributed by atoms with Gasteiger partial charge in [0, 0.05) is 14.4 Å². The maximum atomic E-state index is 14.1. The molecular weight excluding hydrogens is 370 g/mol. The second kappa shape index (κ2) is 9.89. The molecule has 0 aliphatic carbocycles. The highest BCUT2D eigenvalue weighted by atomic mass is 28.3. The average Bonchev–Trinajstić information content (AvgIpc) is 2.72. The minimum absolute atomic E-state index is 0.0456. The van der Waals surface area contributed by atoms with Crippen LogP contribution in [0.3, 0.4) is 0 Å². The average molecular weight is 399 g/mol. The summed E-state index contributed by atoms with van der Waals surface area (Å²) in [4.78, 5) is 0. The number of rotatable bonds is 5. The topological polar surface area (TPSA) is 9.23 Å². The molecular formula is C24H28F2OSi. The Labute approximate surface area is 168 Å². The summed E-state index contributed by atoms with van der Waals surface area (Å²) in [5.41, 5.74) is 2.24. The van der Waals surface area contributed by atoms with E-state index in [0.29, 0.717) is 5.92 Å². The molecule has 0 bridgehead atoms. The maximum Gasteiger partial charge on any atom is 0.201 e. The van der Waals surface area contributed by atoms with E-state index in [9.17, 15) is 8.78 Å². The van der Waals surface area contributed by atoms with E-state index in [1.54, 1.807) is 6.92 Å². The van der Waals surface area contributed by atoms with E-state index in [-0.39, 0.29) is 17.9 Å². The molecule has 2 aromatic rings. The summed E-state index contributed by atoms with van der Waals surface area (Å²) in [5, 5.41) is 0. The summed E-state index contributed by atoms with van der Waals surface area (Å²) in [7, 11) is -0.459. The van der Waals surface area contributed by atoms with Gasteiger partial charge in [-0.3, -0.25) is 0 Å². The van der Waals surface area contributed by atoms with Gasteiger partial charge >= 0.3 is 0 Å². The molecule has 3 rings (SSSR count). The van der Waals surface area contributed by atoms with Gasteiger partial charge in [-0.25, -0.2) is 4.39 Å². The molecule has 1 nitrogen and oxygen atoms in total. The monoisotopic (exact) mass is 398 g/mol. The fourth-order valence-electron chi connectivity index (χ4n) is 4.07. The minimum Gasteiger partial charge on any atom is -0.491 e. The molecule has 0 amide bonds. The zero-order valence-electron chi connectivity index (χ0n) is 16.7. The third-order valence-electron chi connectivity index (χ3n) is 5.61. The zero-order valence-corrected chi connectivity index (χ0v) is 17.9. The van der Waals surface area contributed by atoms with Crippen molar-refractivity contribution in [2.75, 3.05) is 6.61 Å². The standard InChI is InChI=1S/C24H28F2OSi/c1-3-15-28-16-13-20(14-17-28)19-8-5-18(6-9-19)7-10-21-11-12-22(27-4-2)24(26)23(21)25/h5-6,8-9,11-12,20,28H,3-4,13-17H2,1-2H3. The van der Waals surface area contributed by atoms with Crippen LogP contribution in [0.25, 0.3) is 0 Å². The van der Waals surface area contributed by atoms with Crippen molar-refractivity contribution in [2.45, 2.75) is 57.2 Å². The Hall–Kier alpha value is -2.12. The molecule has 0 radical (unpaired) electrons. The van der Waals surface area contributed by atoms with Crippen LogP contribution in [0.2, 0.25) is 18.1 Å². The Morgan fingerprint density at radius 2 is 1.68 bits per heavy atom. The van der Waals surface area contributed by atoms with Crippen molar-refractivity contribution < 1.29 is 13.5 Å². The lowest BCUT2D eigenvalue weighted by Crippen LogP contribution is -2.19. The van der Waals surface area contributed by atoms with E-state index in [1.807, 2.05) is 12.1 Å². The van der Waals surface area contributed by atoms with E-state index in [2.05, 4.69) is 30.9 Å². The smallest absolute Gasteiger partial charge is 0.201 e. The summed E-state index contributed by atoms with van der Waals surface area (Å²) in [6, 6.07) is 15.6. The first kappa shape index (κ1) is 20.6. The Bertz CT molecular complexity index is 843. The van der Waals surface area contributed by atoms with Crippen molar-refractivity contribution in [3.63, 3.8) is 0 Å². The van der Waals surface area contributed by atoms with Crippen LogP contribution >= 0.6 is 0 Å². The Kier molecular flexibility index (Phi) is 7.28. The second-order valence-electron chi connectivity index (χ2n) is 7.55. The molecule has 1 aliphatic rings. The molecule has 0 N–H and O–H groups in total. The van der Waals surface area contributed by atoms with E-state index >= 15 is 0 Å².